The quantitative estimate of drug-likeness (QED) is 0.573. The van der Waals surface area contributed by atoms with E-state index in [1.165, 1.54) is 34.6 Å². The van der Waals surface area contributed by atoms with E-state index in [1.54, 1.807) is 45.0 Å². The largest absolute Gasteiger partial charge is 2.00 e. The summed E-state index contributed by atoms with van der Waals surface area (Å²) < 4.78 is 2.87. The maximum Gasteiger partial charge on any atom is -0.412 e. The van der Waals surface area contributed by atoms with Crippen LogP contribution in [0.15, 0.2) is 0 Å². The summed E-state index contributed by atoms with van der Waals surface area (Å²) in [6.45, 7) is 4.45. The van der Waals surface area contributed by atoms with Crippen LogP contribution in [0.3, 0.4) is 0 Å². The Labute approximate surface area is 120 Å². The van der Waals surface area contributed by atoms with Gasteiger partial charge in [0.05, 0.1) is 0 Å². The van der Waals surface area contributed by atoms with Gasteiger partial charge < -0.3 is 27.4 Å². The maximum atomic E-state index is 2.23. The van der Waals surface area contributed by atoms with Crippen molar-refractivity contribution in [1.29, 1.82) is 0 Å². The van der Waals surface area contributed by atoms with Crippen molar-refractivity contribution in [2.75, 3.05) is 0 Å². The van der Waals surface area contributed by atoms with Crippen LogP contribution < -0.4 is 0 Å². The van der Waals surface area contributed by atoms with E-state index in [2.05, 4.69) is 13.8 Å². The average molecular weight is 436 g/mol. The molecule has 7 heteroatoms. The second kappa shape index (κ2) is 58.3. The molecule has 0 rings (SSSR count). The van der Waals surface area contributed by atoms with E-state index < -0.39 is 0 Å². The van der Waals surface area contributed by atoms with Crippen molar-refractivity contribution >= 4 is 45.0 Å². The van der Waals surface area contributed by atoms with Crippen molar-refractivity contribution in [2.45, 2.75) is 48.4 Å². The minimum atomic E-state index is 0. The van der Waals surface area contributed by atoms with Crippen molar-refractivity contribution < 1.29 is 27.4 Å². The smallest absolute Gasteiger partial charge is 0.412 e. The van der Waals surface area contributed by atoms with Crippen LogP contribution in [0, 0.1) is 0 Å². The standard InChI is InChI=1S/2C4H9.2H2O.3O.2Sn/c2*1-3-4-2;;;;;;;/h2*1,3-4H2,2H3;2*1H2;;;;;/q;;;;3*-2;2*+3. The summed E-state index contributed by atoms with van der Waals surface area (Å²) >= 11 is 3.37. The van der Waals surface area contributed by atoms with Gasteiger partial charge in [-0.1, -0.05) is 0 Å². The SMILES string of the molecule is CCC[CH2][Sn+3].CCC[CH2][Sn+3].O.O.[O-2].[O-2].[O-2]. The fraction of sp³-hybridized carbons (Fsp3) is 1.00. The molecule has 0 spiro atoms. The molecule has 92 valence electrons. The molecule has 0 saturated heterocycles. The first-order chi connectivity index (χ1) is 4.83. The van der Waals surface area contributed by atoms with E-state index in [-0.39, 0.29) is 27.4 Å². The third-order valence-electron chi connectivity index (χ3n) is 1.06. The molecule has 0 aliphatic carbocycles. The predicted molar refractivity (Wildman–Crippen MR) is 60.2 cm³/mol. The van der Waals surface area contributed by atoms with Crippen molar-refractivity contribution in [3.8, 4) is 0 Å². The van der Waals surface area contributed by atoms with Crippen LogP contribution in [-0.4, -0.2) is 56.0 Å². The molecule has 0 radical (unpaired) electrons. The fourth-order valence-corrected chi connectivity index (χ4v) is 2.37. The summed E-state index contributed by atoms with van der Waals surface area (Å²) in [6, 6.07) is 0. The monoisotopic (exact) mass is 438 g/mol. The molecule has 0 heterocycles. The molecule has 0 aliphatic rings. The first-order valence-corrected chi connectivity index (χ1v) is 8.16. The van der Waals surface area contributed by atoms with Crippen LogP contribution in [0.4, 0.5) is 0 Å². The van der Waals surface area contributed by atoms with Gasteiger partial charge in [-0.25, -0.2) is 0 Å². The molecular formula is C8H22O5Sn2. The molecule has 0 aromatic heterocycles. The van der Waals surface area contributed by atoms with E-state index in [4.69, 9.17) is 0 Å². The molecule has 0 aliphatic heterocycles. The minimum absolute atomic E-state index is 0. The first kappa shape index (κ1) is 44.0. The Morgan fingerprint density at radius 3 is 0.867 bits per heavy atom. The summed E-state index contributed by atoms with van der Waals surface area (Å²) in [5.41, 5.74) is 0. The van der Waals surface area contributed by atoms with Gasteiger partial charge in [0.2, 0.25) is 0 Å². The summed E-state index contributed by atoms with van der Waals surface area (Å²) in [5, 5.41) is 0. The average Bonchev–Trinajstić information content (AvgIpc) is 1.93. The second-order valence-corrected chi connectivity index (χ2v) is 5.06. The van der Waals surface area contributed by atoms with Crippen LogP contribution in [0.2, 0.25) is 8.87 Å². The van der Waals surface area contributed by atoms with Gasteiger partial charge in [-0.3, -0.25) is 0 Å². The van der Waals surface area contributed by atoms with Gasteiger partial charge >= 0.3 is 93.5 Å². The zero-order valence-electron chi connectivity index (χ0n) is 9.47. The van der Waals surface area contributed by atoms with Gasteiger partial charge in [-0.05, 0) is 0 Å². The van der Waals surface area contributed by atoms with E-state index in [0.29, 0.717) is 0 Å². The van der Waals surface area contributed by atoms with Crippen LogP contribution in [-0.2, 0) is 16.4 Å². The molecule has 15 heavy (non-hydrogen) atoms. The fourth-order valence-electron chi connectivity index (χ4n) is 0.354. The molecule has 0 bridgehead atoms. The van der Waals surface area contributed by atoms with Gasteiger partial charge in [-0.2, -0.15) is 0 Å². The summed E-state index contributed by atoms with van der Waals surface area (Å²) in [7, 11) is 0. The Hall–Kier alpha value is 1.40. The van der Waals surface area contributed by atoms with Crippen LogP contribution >= 0.6 is 0 Å². The van der Waals surface area contributed by atoms with Crippen LogP contribution in [0.25, 0.3) is 0 Å². The molecule has 0 atom stereocenters. The Kier molecular flexibility index (Phi) is 171. The van der Waals surface area contributed by atoms with Crippen LogP contribution in [0.5, 0.6) is 0 Å². The second-order valence-electron chi connectivity index (χ2n) is 2.21. The molecule has 0 fully saturated rings. The third kappa shape index (κ3) is 94.9. The number of hydrogen-bond donors (Lipinski definition) is 0. The molecule has 0 amide bonds. The van der Waals surface area contributed by atoms with Crippen molar-refractivity contribution in [2.24, 2.45) is 0 Å². The van der Waals surface area contributed by atoms with Gasteiger partial charge in [0, 0.05) is 0 Å². The number of rotatable bonds is 4. The summed E-state index contributed by atoms with van der Waals surface area (Å²) in [6.07, 6.45) is 5.59. The molecule has 0 unspecified atom stereocenters. The maximum absolute atomic E-state index is 2.23. The molecule has 0 aromatic rings. The van der Waals surface area contributed by atoms with E-state index in [0.717, 1.165) is 0 Å². The van der Waals surface area contributed by atoms with Gasteiger partial charge in [0.25, 0.3) is 0 Å². The van der Waals surface area contributed by atoms with E-state index in [1.807, 2.05) is 0 Å². The third-order valence-corrected chi connectivity index (χ3v) is 3.08. The topological polar surface area (TPSA) is 148 Å². The zero-order chi connectivity index (χ0) is 8.24. The van der Waals surface area contributed by atoms with Crippen molar-refractivity contribution in [1.82, 2.24) is 0 Å². The van der Waals surface area contributed by atoms with Crippen molar-refractivity contribution in [3.05, 3.63) is 0 Å². The number of hydrogen-bond acceptors (Lipinski definition) is 0. The normalized spacial score (nSPS) is 5.73. The molecule has 0 aromatic carbocycles. The van der Waals surface area contributed by atoms with Crippen LogP contribution in [0.1, 0.15) is 39.5 Å². The van der Waals surface area contributed by atoms with Gasteiger partial charge in [0.15, 0.2) is 0 Å². The zero-order valence-corrected chi connectivity index (χ0v) is 15.2. The summed E-state index contributed by atoms with van der Waals surface area (Å²) in [4.78, 5) is 0. The predicted octanol–water partition coefficient (Wildman–Crippen LogP) is 0.741. The van der Waals surface area contributed by atoms with Gasteiger partial charge in [-0.15, -0.1) is 0 Å². The molecule has 4 N–H and O–H groups in total. The van der Waals surface area contributed by atoms with E-state index >= 15 is 0 Å². The minimum Gasteiger partial charge on any atom is -2.00 e. The molecule has 5 nitrogen and oxygen atoms in total. The van der Waals surface area contributed by atoms with E-state index in [9.17, 15) is 0 Å². The Bertz CT molecular complexity index is 42.0. The Morgan fingerprint density at radius 1 is 0.667 bits per heavy atom. The molecular weight excluding hydrogens is 414 g/mol. The Morgan fingerprint density at radius 2 is 0.867 bits per heavy atom. The number of unbranched alkanes of at least 4 members (excludes halogenated alkanes) is 2. The summed E-state index contributed by atoms with van der Waals surface area (Å²) in [5.74, 6) is 0. The van der Waals surface area contributed by atoms with Gasteiger partial charge in [0.1, 0.15) is 0 Å². The van der Waals surface area contributed by atoms with Crippen molar-refractivity contribution in [3.63, 3.8) is 0 Å². The first-order valence-electron chi connectivity index (χ1n) is 4.12. The Balaban J connectivity index is -0.0000000128. The molecule has 0 saturated carbocycles.